The zero-order valence-corrected chi connectivity index (χ0v) is 8.99. The molecule has 0 aromatic carbocycles. The molecule has 0 radical (unpaired) electrons. The summed E-state index contributed by atoms with van der Waals surface area (Å²) in [5.74, 6) is 4.58. The van der Waals surface area contributed by atoms with Crippen LogP contribution in [0.3, 0.4) is 0 Å². The molecular formula is C8H10N4O3S. The molecule has 7 nitrogen and oxygen atoms in total. The average Bonchev–Trinajstić information content (AvgIpc) is 2.28. The van der Waals surface area contributed by atoms with Crippen molar-refractivity contribution in [1.29, 1.82) is 0 Å². The van der Waals surface area contributed by atoms with Crippen molar-refractivity contribution in [2.24, 2.45) is 5.84 Å². The number of anilines is 1. The lowest BCUT2D eigenvalue weighted by Gasteiger charge is -2.04. The number of hydrogen-bond donors (Lipinski definition) is 3. The molecule has 1 heterocycles. The number of amides is 1. The number of carbonyl (C=O) groups is 1. The van der Waals surface area contributed by atoms with Crippen LogP contribution in [0.15, 0.2) is 35.9 Å². The Morgan fingerprint density at radius 3 is 2.62 bits per heavy atom. The average molecular weight is 242 g/mol. The van der Waals surface area contributed by atoms with Crippen LogP contribution in [0.25, 0.3) is 0 Å². The largest absolute Gasteiger partial charge is 0.308 e. The Morgan fingerprint density at radius 2 is 2.19 bits per heavy atom. The minimum Gasteiger partial charge on any atom is -0.308 e. The molecule has 0 saturated heterocycles. The van der Waals surface area contributed by atoms with Gasteiger partial charge in [0.2, 0.25) is 0 Å². The molecule has 0 bridgehead atoms. The molecule has 1 aromatic heterocycles. The summed E-state index contributed by atoms with van der Waals surface area (Å²) in [5, 5.41) is 0. The van der Waals surface area contributed by atoms with Crippen molar-refractivity contribution in [3.05, 3.63) is 31.0 Å². The lowest BCUT2D eigenvalue weighted by atomic mass is 10.5. The quantitative estimate of drug-likeness (QED) is 0.367. The molecule has 0 aliphatic heterocycles. The van der Waals surface area contributed by atoms with Gasteiger partial charge in [0.15, 0.2) is 0 Å². The van der Waals surface area contributed by atoms with E-state index in [0.717, 1.165) is 12.3 Å². The molecule has 0 fully saturated rings. The number of hydrogen-bond acceptors (Lipinski definition) is 6. The number of pyridine rings is 1. The summed E-state index contributed by atoms with van der Waals surface area (Å²) in [6, 6.07) is 2.63. The molecule has 1 amide bonds. The van der Waals surface area contributed by atoms with Crippen LogP contribution in [-0.4, -0.2) is 19.3 Å². The van der Waals surface area contributed by atoms with Crippen LogP contribution in [0.4, 0.5) is 5.82 Å². The standard InChI is InChI=1S/C8H10N4O3S/c1-2-8(13)12-16(14,15)6-3-4-7(11-9)10-5-6/h2-5H,1,9H2,(H,10,11)(H,12,13). The van der Waals surface area contributed by atoms with Crippen molar-refractivity contribution >= 4 is 21.7 Å². The predicted molar refractivity (Wildman–Crippen MR) is 57.6 cm³/mol. The Kier molecular flexibility index (Phi) is 3.59. The summed E-state index contributed by atoms with van der Waals surface area (Å²) >= 11 is 0. The summed E-state index contributed by atoms with van der Waals surface area (Å²) in [5.41, 5.74) is 2.25. The van der Waals surface area contributed by atoms with Crippen molar-refractivity contribution in [1.82, 2.24) is 9.71 Å². The van der Waals surface area contributed by atoms with Gasteiger partial charge >= 0.3 is 0 Å². The van der Waals surface area contributed by atoms with E-state index in [1.807, 2.05) is 0 Å². The lowest BCUT2D eigenvalue weighted by Crippen LogP contribution is -2.28. The van der Waals surface area contributed by atoms with Gasteiger partial charge in [-0.1, -0.05) is 6.58 Å². The smallest absolute Gasteiger partial charge is 0.265 e. The first-order valence-electron chi connectivity index (χ1n) is 4.11. The number of aromatic nitrogens is 1. The third kappa shape index (κ3) is 2.78. The zero-order chi connectivity index (χ0) is 12.2. The van der Waals surface area contributed by atoms with Gasteiger partial charge < -0.3 is 5.43 Å². The van der Waals surface area contributed by atoms with Crippen molar-refractivity contribution in [2.45, 2.75) is 4.90 Å². The number of carbonyl (C=O) groups excluding carboxylic acids is 1. The van der Waals surface area contributed by atoms with Crippen LogP contribution in [0.2, 0.25) is 0 Å². The molecule has 0 spiro atoms. The van der Waals surface area contributed by atoms with Gasteiger partial charge in [0.25, 0.3) is 15.9 Å². The first kappa shape index (κ1) is 12.1. The van der Waals surface area contributed by atoms with Gasteiger partial charge in [0, 0.05) is 6.20 Å². The fourth-order valence-electron chi connectivity index (χ4n) is 0.858. The van der Waals surface area contributed by atoms with E-state index in [1.165, 1.54) is 12.1 Å². The van der Waals surface area contributed by atoms with Crippen LogP contribution >= 0.6 is 0 Å². The summed E-state index contributed by atoms with van der Waals surface area (Å²) in [7, 11) is -3.90. The van der Waals surface area contributed by atoms with Crippen LogP contribution in [0.5, 0.6) is 0 Å². The molecule has 0 aliphatic carbocycles. The predicted octanol–water partition coefficient (Wildman–Crippen LogP) is -0.642. The minimum absolute atomic E-state index is 0.137. The van der Waals surface area contributed by atoms with Crippen LogP contribution in [0.1, 0.15) is 0 Å². The van der Waals surface area contributed by atoms with Gasteiger partial charge in [-0.05, 0) is 18.2 Å². The van der Waals surface area contributed by atoms with Gasteiger partial charge in [-0.15, -0.1) is 0 Å². The second kappa shape index (κ2) is 4.73. The highest BCUT2D eigenvalue weighted by atomic mass is 32.2. The van der Waals surface area contributed by atoms with E-state index < -0.39 is 15.9 Å². The first-order valence-corrected chi connectivity index (χ1v) is 5.60. The normalized spacial score (nSPS) is 10.6. The fraction of sp³-hybridized carbons (Fsp3) is 0. The van der Waals surface area contributed by atoms with E-state index in [9.17, 15) is 13.2 Å². The molecular weight excluding hydrogens is 232 g/mol. The van der Waals surface area contributed by atoms with Crippen LogP contribution in [-0.2, 0) is 14.8 Å². The minimum atomic E-state index is -3.90. The van der Waals surface area contributed by atoms with Crippen LogP contribution < -0.4 is 16.0 Å². The van der Waals surface area contributed by atoms with E-state index in [0.29, 0.717) is 5.82 Å². The molecule has 0 saturated carbocycles. The Bertz CT molecular complexity index is 495. The van der Waals surface area contributed by atoms with Crippen LogP contribution in [0, 0.1) is 0 Å². The third-order valence-electron chi connectivity index (χ3n) is 1.61. The van der Waals surface area contributed by atoms with Crippen molar-refractivity contribution in [2.75, 3.05) is 5.43 Å². The Hall–Kier alpha value is -1.93. The summed E-state index contributed by atoms with van der Waals surface area (Å²) in [6.07, 6.45) is 1.94. The Balaban J connectivity index is 2.98. The SMILES string of the molecule is C=CC(=O)NS(=O)(=O)c1ccc(NN)nc1. The maximum Gasteiger partial charge on any atom is 0.265 e. The Morgan fingerprint density at radius 1 is 1.50 bits per heavy atom. The van der Waals surface area contributed by atoms with E-state index in [4.69, 9.17) is 5.84 Å². The first-order chi connectivity index (χ1) is 7.49. The number of hydrazine groups is 1. The highest BCUT2D eigenvalue weighted by Gasteiger charge is 2.16. The fourth-order valence-corrected chi connectivity index (χ4v) is 1.76. The van der Waals surface area contributed by atoms with E-state index in [2.05, 4.69) is 17.0 Å². The summed E-state index contributed by atoms with van der Waals surface area (Å²) in [6.45, 7) is 3.15. The number of rotatable bonds is 4. The molecule has 0 unspecified atom stereocenters. The monoisotopic (exact) mass is 242 g/mol. The molecule has 0 atom stereocenters. The number of nitrogens with one attached hydrogen (secondary N) is 2. The molecule has 1 rings (SSSR count). The van der Waals surface area contributed by atoms with Gasteiger partial charge in [-0.2, -0.15) is 0 Å². The highest BCUT2D eigenvalue weighted by molar-refractivity contribution is 7.90. The second-order valence-corrected chi connectivity index (χ2v) is 4.38. The highest BCUT2D eigenvalue weighted by Crippen LogP contribution is 2.09. The van der Waals surface area contributed by atoms with E-state index in [-0.39, 0.29) is 4.90 Å². The maximum atomic E-state index is 11.5. The Labute approximate surface area is 92.4 Å². The number of nitrogen functional groups attached to an aromatic ring is 1. The summed E-state index contributed by atoms with van der Waals surface area (Å²) < 4.78 is 24.8. The number of nitrogens with two attached hydrogens (primary N) is 1. The zero-order valence-electron chi connectivity index (χ0n) is 8.17. The molecule has 86 valence electrons. The van der Waals surface area contributed by atoms with Crippen molar-refractivity contribution in [3.8, 4) is 0 Å². The van der Waals surface area contributed by atoms with E-state index >= 15 is 0 Å². The van der Waals surface area contributed by atoms with Crippen molar-refractivity contribution < 1.29 is 13.2 Å². The van der Waals surface area contributed by atoms with Crippen molar-refractivity contribution in [3.63, 3.8) is 0 Å². The molecule has 0 aliphatic rings. The second-order valence-electron chi connectivity index (χ2n) is 2.70. The maximum absolute atomic E-state index is 11.5. The van der Waals surface area contributed by atoms with Gasteiger partial charge in [0.05, 0.1) is 0 Å². The third-order valence-corrected chi connectivity index (χ3v) is 2.95. The van der Waals surface area contributed by atoms with Gasteiger partial charge in [-0.3, -0.25) is 4.79 Å². The molecule has 16 heavy (non-hydrogen) atoms. The molecule has 4 N–H and O–H groups in total. The number of nitrogens with zero attached hydrogens (tertiary/aromatic N) is 1. The molecule has 1 aromatic rings. The van der Waals surface area contributed by atoms with Gasteiger partial charge in [-0.25, -0.2) is 24.0 Å². The van der Waals surface area contributed by atoms with E-state index in [1.54, 1.807) is 4.72 Å². The number of sulfonamides is 1. The van der Waals surface area contributed by atoms with Gasteiger partial charge in [0.1, 0.15) is 10.7 Å². The summed E-state index contributed by atoms with van der Waals surface area (Å²) in [4.78, 5) is 14.4. The lowest BCUT2D eigenvalue weighted by molar-refractivity contribution is -0.114. The molecule has 8 heteroatoms. The topological polar surface area (TPSA) is 114 Å².